The highest BCUT2D eigenvalue weighted by Crippen LogP contribution is 2.36. The van der Waals surface area contributed by atoms with Crippen LogP contribution in [0, 0.1) is 13.8 Å². The van der Waals surface area contributed by atoms with Crippen LogP contribution >= 0.6 is 7.82 Å². The van der Waals surface area contributed by atoms with Gasteiger partial charge in [-0.25, -0.2) is 14.2 Å². The van der Waals surface area contributed by atoms with Gasteiger partial charge in [-0.1, -0.05) is 13.8 Å². The summed E-state index contributed by atoms with van der Waals surface area (Å²) in [6.45, 7) is 6.79. The fourth-order valence-electron chi connectivity index (χ4n) is 2.30. The molecular formula is C16H21N2O7P. The first-order valence-electron chi connectivity index (χ1n) is 7.78. The van der Waals surface area contributed by atoms with Crippen molar-refractivity contribution >= 4 is 7.82 Å². The van der Waals surface area contributed by atoms with Crippen molar-refractivity contribution in [3.05, 3.63) is 45.2 Å². The normalized spacial score (nSPS) is 11.7. The first-order chi connectivity index (χ1) is 12.1. The quantitative estimate of drug-likeness (QED) is 0.491. The molecular weight excluding hydrogens is 363 g/mol. The Bertz CT molecular complexity index is 865. The van der Waals surface area contributed by atoms with Crippen molar-refractivity contribution < 1.29 is 28.3 Å². The summed E-state index contributed by atoms with van der Waals surface area (Å²) < 4.78 is 25.9. The molecule has 0 aliphatic rings. The van der Waals surface area contributed by atoms with Crippen LogP contribution in [0.3, 0.4) is 0 Å². The van der Waals surface area contributed by atoms with Crippen LogP contribution in [-0.2, 0) is 9.09 Å². The van der Waals surface area contributed by atoms with Crippen LogP contribution in [0.4, 0.5) is 0 Å². The van der Waals surface area contributed by atoms with Crippen molar-refractivity contribution in [2.24, 2.45) is 0 Å². The summed E-state index contributed by atoms with van der Waals surface area (Å²) in [6, 6.07) is 4.88. The van der Waals surface area contributed by atoms with Crippen molar-refractivity contribution in [1.29, 1.82) is 0 Å². The van der Waals surface area contributed by atoms with Crippen molar-refractivity contribution in [1.82, 2.24) is 10.2 Å². The molecule has 0 saturated heterocycles. The van der Waals surface area contributed by atoms with Gasteiger partial charge in [0.15, 0.2) is 6.79 Å². The lowest BCUT2D eigenvalue weighted by atomic mass is 10.1. The number of nitrogens with one attached hydrogen (secondary N) is 1. The number of aromatic nitrogens is 2. The molecule has 1 heterocycles. The zero-order valence-electron chi connectivity index (χ0n) is 14.8. The number of phosphoric ester groups is 1. The monoisotopic (exact) mass is 384 g/mol. The SMILES string of the molecule is Cc1cc(OCOP(=O)(O)O)cc(C)c1Oc1cc(C(C)C)c(=O)[nH]n1. The molecule has 0 saturated carbocycles. The van der Waals surface area contributed by atoms with Gasteiger partial charge >= 0.3 is 7.82 Å². The zero-order valence-corrected chi connectivity index (χ0v) is 15.7. The van der Waals surface area contributed by atoms with E-state index in [-0.39, 0.29) is 17.4 Å². The van der Waals surface area contributed by atoms with Gasteiger partial charge in [0.1, 0.15) is 11.5 Å². The van der Waals surface area contributed by atoms with E-state index in [0.717, 1.165) is 11.1 Å². The Labute approximate surface area is 150 Å². The van der Waals surface area contributed by atoms with Gasteiger partial charge < -0.3 is 19.3 Å². The van der Waals surface area contributed by atoms with E-state index in [1.165, 1.54) is 0 Å². The average Bonchev–Trinajstić information content (AvgIpc) is 2.51. The largest absolute Gasteiger partial charge is 0.472 e. The number of aromatic amines is 1. The number of benzene rings is 1. The minimum Gasteiger partial charge on any atom is -0.467 e. The summed E-state index contributed by atoms with van der Waals surface area (Å²) >= 11 is 0. The van der Waals surface area contributed by atoms with E-state index >= 15 is 0 Å². The molecule has 0 bridgehead atoms. The summed E-state index contributed by atoms with van der Waals surface area (Å²) in [4.78, 5) is 29.1. The van der Waals surface area contributed by atoms with Gasteiger partial charge in [0, 0.05) is 11.6 Å². The molecule has 10 heteroatoms. The lowest BCUT2D eigenvalue weighted by Gasteiger charge is -2.14. The molecule has 0 aliphatic carbocycles. The Morgan fingerprint density at radius 1 is 1.19 bits per heavy atom. The van der Waals surface area contributed by atoms with E-state index in [2.05, 4.69) is 14.7 Å². The third-order valence-corrected chi connectivity index (χ3v) is 3.96. The lowest BCUT2D eigenvalue weighted by molar-refractivity contribution is 0.0828. The molecule has 1 aromatic carbocycles. The van der Waals surface area contributed by atoms with E-state index in [1.54, 1.807) is 32.0 Å². The van der Waals surface area contributed by atoms with Crippen molar-refractivity contribution in [3.63, 3.8) is 0 Å². The van der Waals surface area contributed by atoms with Crippen LogP contribution in [0.25, 0.3) is 0 Å². The molecule has 0 fully saturated rings. The molecule has 0 spiro atoms. The Balaban J connectivity index is 2.19. The number of ether oxygens (including phenoxy) is 2. The van der Waals surface area contributed by atoms with E-state index in [1.807, 2.05) is 13.8 Å². The maximum atomic E-state index is 11.8. The second-order valence-electron chi connectivity index (χ2n) is 6.02. The van der Waals surface area contributed by atoms with Crippen LogP contribution < -0.4 is 15.0 Å². The van der Waals surface area contributed by atoms with Gasteiger partial charge in [-0.05, 0) is 43.0 Å². The molecule has 2 aromatic rings. The Kier molecular flexibility index (Phi) is 6.20. The van der Waals surface area contributed by atoms with Crippen LogP contribution in [0.1, 0.15) is 36.5 Å². The molecule has 9 nitrogen and oxygen atoms in total. The fourth-order valence-corrected chi connectivity index (χ4v) is 2.49. The third-order valence-electron chi connectivity index (χ3n) is 3.52. The van der Waals surface area contributed by atoms with Crippen LogP contribution in [0.2, 0.25) is 0 Å². The number of rotatable bonds is 7. The van der Waals surface area contributed by atoms with Crippen LogP contribution in [0.5, 0.6) is 17.4 Å². The van der Waals surface area contributed by atoms with Gasteiger partial charge in [0.05, 0.1) is 0 Å². The number of H-pyrrole nitrogens is 1. The molecule has 0 aliphatic heterocycles. The number of phosphoric acid groups is 1. The fraction of sp³-hybridized carbons (Fsp3) is 0.375. The number of hydrogen-bond acceptors (Lipinski definition) is 6. The minimum atomic E-state index is -4.59. The van der Waals surface area contributed by atoms with Crippen molar-refractivity contribution in [3.8, 4) is 17.4 Å². The molecule has 0 radical (unpaired) electrons. The van der Waals surface area contributed by atoms with Crippen molar-refractivity contribution in [2.75, 3.05) is 6.79 Å². The first kappa shape index (κ1) is 20.1. The highest BCUT2D eigenvalue weighted by atomic mass is 31.2. The predicted molar refractivity (Wildman–Crippen MR) is 93.6 cm³/mol. The van der Waals surface area contributed by atoms with Gasteiger partial charge in [-0.15, -0.1) is 5.10 Å². The summed E-state index contributed by atoms with van der Waals surface area (Å²) in [5, 5.41) is 6.32. The van der Waals surface area contributed by atoms with Crippen LogP contribution in [0.15, 0.2) is 23.0 Å². The Morgan fingerprint density at radius 2 is 1.81 bits per heavy atom. The average molecular weight is 384 g/mol. The van der Waals surface area contributed by atoms with Gasteiger partial charge in [-0.3, -0.25) is 4.79 Å². The second kappa shape index (κ2) is 8.01. The summed E-state index contributed by atoms with van der Waals surface area (Å²) in [5.41, 5.74) is 1.75. The molecule has 1 aromatic heterocycles. The van der Waals surface area contributed by atoms with Gasteiger partial charge in [0.25, 0.3) is 5.56 Å². The first-order valence-corrected chi connectivity index (χ1v) is 9.31. The van der Waals surface area contributed by atoms with Crippen molar-refractivity contribution in [2.45, 2.75) is 33.6 Å². The zero-order chi connectivity index (χ0) is 19.5. The third kappa shape index (κ3) is 5.40. The summed E-state index contributed by atoms with van der Waals surface area (Å²) in [7, 11) is -4.59. The van der Waals surface area contributed by atoms with Gasteiger partial charge in [-0.2, -0.15) is 0 Å². The Morgan fingerprint density at radius 3 is 2.35 bits per heavy atom. The number of nitrogens with zero attached hydrogens (tertiary/aromatic N) is 1. The number of hydrogen-bond donors (Lipinski definition) is 3. The van der Waals surface area contributed by atoms with Gasteiger partial charge in [0.2, 0.25) is 5.88 Å². The van der Waals surface area contributed by atoms with E-state index in [4.69, 9.17) is 19.3 Å². The maximum absolute atomic E-state index is 11.8. The highest BCUT2D eigenvalue weighted by Gasteiger charge is 2.15. The molecule has 0 atom stereocenters. The molecule has 26 heavy (non-hydrogen) atoms. The predicted octanol–water partition coefficient (Wildman–Crippen LogP) is 2.75. The molecule has 2 rings (SSSR count). The summed E-state index contributed by atoms with van der Waals surface area (Å²) in [6.07, 6.45) is 0. The molecule has 0 amide bonds. The number of aryl methyl sites for hydroxylation is 2. The van der Waals surface area contributed by atoms with Crippen LogP contribution in [-0.4, -0.2) is 26.8 Å². The van der Waals surface area contributed by atoms with E-state index in [0.29, 0.717) is 17.1 Å². The molecule has 3 N–H and O–H groups in total. The summed E-state index contributed by atoms with van der Waals surface area (Å²) in [5.74, 6) is 1.20. The maximum Gasteiger partial charge on any atom is 0.472 e. The standard InChI is InChI=1S/C16H21N2O7P/c1-9(2)13-7-14(17-18-16(13)19)25-15-10(3)5-12(6-11(15)4)23-8-24-26(20,21)22/h5-7,9H,8H2,1-4H3,(H,18,19)(H2,20,21,22). The second-order valence-corrected chi connectivity index (χ2v) is 7.25. The highest BCUT2D eigenvalue weighted by molar-refractivity contribution is 7.46. The topological polar surface area (TPSA) is 131 Å². The van der Waals surface area contributed by atoms with E-state index < -0.39 is 14.6 Å². The molecule has 0 unspecified atom stereocenters. The Hall–Kier alpha value is -2.19. The van der Waals surface area contributed by atoms with E-state index in [9.17, 15) is 9.36 Å². The lowest BCUT2D eigenvalue weighted by Crippen LogP contribution is -2.15. The molecule has 142 valence electrons. The minimum absolute atomic E-state index is 0.0242. The smallest absolute Gasteiger partial charge is 0.467 e.